The average molecular weight is 582 g/mol. The second-order valence-electron chi connectivity index (χ2n) is 12.6. The highest BCUT2D eigenvalue weighted by Gasteiger charge is 2.45. The summed E-state index contributed by atoms with van der Waals surface area (Å²) in [5, 5.41) is 16.2. The molecule has 2 aromatic carbocycles. The zero-order valence-electron chi connectivity index (χ0n) is 25.5. The maximum atomic E-state index is 14.1. The van der Waals surface area contributed by atoms with Crippen LogP contribution in [0.3, 0.4) is 0 Å². The van der Waals surface area contributed by atoms with Gasteiger partial charge in [0, 0.05) is 18.0 Å². The van der Waals surface area contributed by atoms with Crippen LogP contribution in [0.2, 0.25) is 0 Å². The molecule has 2 aromatic rings. The highest BCUT2D eigenvalue weighted by molar-refractivity contribution is 5.94. The summed E-state index contributed by atoms with van der Waals surface area (Å²) in [4.78, 5) is 55.1. The van der Waals surface area contributed by atoms with Crippen molar-refractivity contribution in [2.45, 2.75) is 103 Å². The minimum absolute atomic E-state index is 0.156. The molecule has 1 saturated carbocycles. The molecule has 0 radical (unpaired) electrons. The molecule has 0 aliphatic heterocycles. The van der Waals surface area contributed by atoms with E-state index in [0.29, 0.717) is 12.8 Å². The molecule has 42 heavy (non-hydrogen) atoms. The van der Waals surface area contributed by atoms with E-state index < -0.39 is 53.2 Å². The van der Waals surface area contributed by atoms with Gasteiger partial charge in [-0.05, 0) is 72.9 Å². The van der Waals surface area contributed by atoms with Crippen molar-refractivity contribution in [3.05, 3.63) is 65.7 Å². The molecule has 3 rings (SSSR count). The number of phenols is 1. The number of amides is 3. The second kappa shape index (κ2) is 13.3. The number of para-hydroxylation sites is 1. The Morgan fingerprint density at radius 1 is 0.881 bits per heavy atom. The van der Waals surface area contributed by atoms with Crippen LogP contribution in [-0.2, 0) is 30.3 Å². The van der Waals surface area contributed by atoms with E-state index in [1.54, 1.807) is 59.7 Å². The summed E-state index contributed by atoms with van der Waals surface area (Å²) in [7, 11) is 0. The van der Waals surface area contributed by atoms with Crippen LogP contribution in [0.4, 0.5) is 4.79 Å². The fraction of sp³-hybridized carbons (Fsp3) is 0.500. The van der Waals surface area contributed by atoms with Crippen LogP contribution in [0.25, 0.3) is 0 Å². The third kappa shape index (κ3) is 9.49. The molecule has 10 heteroatoms. The van der Waals surface area contributed by atoms with Crippen molar-refractivity contribution >= 4 is 23.9 Å². The highest BCUT2D eigenvalue weighted by atomic mass is 16.6. The first kappa shape index (κ1) is 32.4. The molecule has 3 amide bonds. The van der Waals surface area contributed by atoms with Gasteiger partial charge in [-0.1, -0.05) is 48.5 Å². The number of aromatic hydroxyl groups is 1. The molecule has 1 fully saturated rings. The zero-order valence-corrected chi connectivity index (χ0v) is 25.5. The lowest BCUT2D eigenvalue weighted by molar-refractivity contribution is -0.159. The Morgan fingerprint density at radius 3 is 2.00 bits per heavy atom. The number of hydrogen-bond acceptors (Lipinski definition) is 7. The Morgan fingerprint density at radius 2 is 1.45 bits per heavy atom. The molecule has 1 aliphatic carbocycles. The molecular weight excluding hydrogens is 538 g/mol. The lowest BCUT2D eigenvalue weighted by Crippen LogP contribution is -2.55. The minimum atomic E-state index is -1.28. The number of hydrogen-bond donors (Lipinski definition) is 3. The molecular formula is C32H43N3O7. The fourth-order valence-electron chi connectivity index (χ4n) is 4.44. The van der Waals surface area contributed by atoms with Gasteiger partial charge < -0.3 is 30.1 Å². The number of benzene rings is 2. The van der Waals surface area contributed by atoms with E-state index in [1.807, 2.05) is 30.3 Å². The van der Waals surface area contributed by atoms with Gasteiger partial charge in [-0.15, -0.1) is 0 Å². The van der Waals surface area contributed by atoms with E-state index in [4.69, 9.17) is 9.47 Å². The summed E-state index contributed by atoms with van der Waals surface area (Å²) in [6.07, 6.45) is 0.669. The van der Waals surface area contributed by atoms with Crippen molar-refractivity contribution in [2.75, 3.05) is 0 Å². The Kier molecular flexibility index (Phi) is 10.2. The molecule has 0 heterocycles. The van der Waals surface area contributed by atoms with Gasteiger partial charge in [0.1, 0.15) is 35.1 Å². The number of alkyl carbamates (subject to hydrolysis) is 1. The normalized spacial score (nSPS) is 15.5. The predicted octanol–water partition coefficient (Wildman–Crippen LogP) is 4.41. The number of nitrogens with zero attached hydrogens (tertiary/aromatic N) is 1. The van der Waals surface area contributed by atoms with E-state index in [9.17, 15) is 24.3 Å². The van der Waals surface area contributed by atoms with Gasteiger partial charge in [-0.2, -0.15) is 0 Å². The number of carbonyl (C=O) groups excluding carboxylic acids is 4. The quantitative estimate of drug-likeness (QED) is 0.354. The van der Waals surface area contributed by atoms with E-state index >= 15 is 0 Å². The van der Waals surface area contributed by atoms with E-state index in [2.05, 4.69) is 10.6 Å². The van der Waals surface area contributed by atoms with Gasteiger partial charge >= 0.3 is 12.1 Å². The van der Waals surface area contributed by atoms with Crippen molar-refractivity contribution < 1.29 is 33.8 Å². The lowest BCUT2D eigenvalue weighted by atomic mass is 10.00. The maximum absolute atomic E-state index is 14.1. The second-order valence-corrected chi connectivity index (χ2v) is 12.6. The van der Waals surface area contributed by atoms with Crippen LogP contribution >= 0.6 is 0 Å². The molecule has 228 valence electrons. The summed E-state index contributed by atoms with van der Waals surface area (Å²) in [6.45, 7) is 11.9. The highest BCUT2D eigenvalue weighted by Crippen LogP contribution is 2.38. The van der Waals surface area contributed by atoms with Crippen molar-refractivity contribution in [1.82, 2.24) is 15.5 Å². The maximum Gasteiger partial charge on any atom is 0.408 e. The minimum Gasteiger partial charge on any atom is -0.508 e. The Hall–Kier alpha value is -4.08. The largest absolute Gasteiger partial charge is 0.508 e. The average Bonchev–Trinajstić information content (AvgIpc) is 3.70. The smallest absolute Gasteiger partial charge is 0.408 e. The van der Waals surface area contributed by atoms with E-state index in [-0.39, 0.29) is 23.8 Å². The first-order valence-corrected chi connectivity index (χ1v) is 14.2. The Labute approximate surface area is 247 Å². The van der Waals surface area contributed by atoms with Crippen LogP contribution < -0.4 is 10.6 Å². The van der Waals surface area contributed by atoms with Crippen LogP contribution in [0, 0.1) is 0 Å². The van der Waals surface area contributed by atoms with Gasteiger partial charge in [0.15, 0.2) is 0 Å². The van der Waals surface area contributed by atoms with Crippen LogP contribution in [0.5, 0.6) is 5.75 Å². The summed E-state index contributed by atoms with van der Waals surface area (Å²) in [5.74, 6) is -1.99. The van der Waals surface area contributed by atoms with E-state index in [1.165, 1.54) is 17.9 Å². The molecule has 0 aromatic heterocycles. The number of esters is 1. The number of carbonyl (C=O) groups is 4. The summed E-state index contributed by atoms with van der Waals surface area (Å²) in [6, 6.07) is 11.8. The SMILES string of the molecule is CC(NC(=O)OC(C)(C)C)C(=O)N(C1CC1)C(C(=O)NC(Cc1ccccc1)C(=O)OC(C)(C)C)c1ccccc1O. The molecule has 10 nitrogen and oxygen atoms in total. The molecule has 3 unspecified atom stereocenters. The van der Waals surface area contributed by atoms with Crippen LogP contribution in [0.15, 0.2) is 54.6 Å². The van der Waals surface area contributed by atoms with Gasteiger partial charge in [0.25, 0.3) is 0 Å². The van der Waals surface area contributed by atoms with E-state index in [0.717, 1.165) is 5.56 Å². The lowest BCUT2D eigenvalue weighted by Gasteiger charge is -2.35. The van der Waals surface area contributed by atoms with Gasteiger partial charge in [0.2, 0.25) is 11.8 Å². The molecule has 0 spiro atoms. The molecule has 0 saturated heterocycles. The first-order chi connectivity index (χ1) is 19.6. The van der Waals surface area contributed by atoms with Crippen LogP contribution in [-0.4, -0.2) is 63.2 Å². The molecule has 3 atom stereocenters. The number of rotatable bonds is 10. The van der Waals surface area contributed by atoms with Crippen molar-refractivity contribution in [2.24, 2.45) is 0 Å². The number of nitrogens with one attached hydrogen (secondary N) is 2. The molecule has 1 aliphatic rings. The summed E-state index contributed by atoms with van der Waals surface area (Å²) in [5.41, 5.74) is -0.566. The summed E-state index contributed by atoms with van der Waals surface area (Å²) < 4.78 is 10.9. The van der Waals surface area contributed by atoms with Gasteiger partial charge in [-0.3, -0.25) is 9.59 Å². The third-order valence-electron chi connectivity index (χ3n) is 6.35. The van der Waals surface area contributed by atoms with Crippen molar-refractivity contribution in [3.63, 3.8) is 0 Å². The first-order valence-electron chi connectivity index (χ1n) is 14.2. The Bertz CT molecular complexity index is 1260. The topological polar surface area (TPSA) is 134 Å². The fourth-order valence-corrected chi connectivity index (χ4v) is 4.44. The predicted molar refractivity (Wildman–Crippen MR) is 157 cm³/mol. The number of ether oxygens (including phenoxy) is 2. The summed E-state index contributed by atoms with van der Waals surface area (Å²) >= 11 is 0. The third-order valence-corrected chi connectivity index (χ3v) is 6.35. The monoisotopic (exact) mass is 581 g/mol. The molecule has 3 N–H and O–H groups in total. The molecule has 0 bridgehead atoms. The van der Waals surface area contributed by atoms with Gasteiger partial charge in [0.05, 0.1) is 0 Å². The van der Waals surface area contributed by atoms with Crippen LogP contribution in [0.1, 0.15) is 78.5 Å². The van der Waals surface area contributed by atoms with Crippen molar-refractivity contribution in [1.29, 1.82) is 0 Å². The van der Waals surface area contributed by atoms with Crippen molar-refractivity contribution in [3.8, 4) is 5.75 Å². The number of phenolic OH excluding ortho intramolecular Hbond substituents is 1. The standard InChI is InChI=1S/C32H43N3O7/c1-20(33-30(40)42-32(5,6)7)28(38)35(22-17-18-22)26(23-15-11-12-16-25(23)36)27(37)34-24(29(39)41-31(2,3)4)19-21-13-9-8-10-14-21/h8-16,20,22,24,26,36H,17-19H2,1-7H3,(H,33,40)(H,34,37). The zero-order chi connectivity index (χ0) is 31.2. The van der Waals surface area contributed by atoms with Gasteiger partial charge in [-0.25, -0.2) is 9.59 Å². The Balaban J connectivity index is 1.97.